The Kier molecular flexibility index (Phi) is 5.22. The molecule has 0 amide bonds. The number of nitrogens with one attached hydrogen (secondary N) is 1. The lowest BCUT2D eigenvalue weighted by Crippen LogP contribution is -2.24. The highest BCUT2D eigenvalue weighted by atomic mass is 16.5. The lowest BCUT2D eigenvalue weighted by Gasteiger charge is -2.22. The van der Waals surface area contributed by atoms with E-state index in [1.54, 1.807) is 7.11 Å². The summed E-state index contributed by atoms with van der Waals surface area (Å²) in [5.41, 5.74) is 3.36. The molecule has 21 heavy (non-hydrogen) atoms. The number of hydrogen-bond donors (Lipinski definition) is 2. The number of unbranched alkanes of at least 4 members (excludes halogenated alkanes) is 1. The van der Waals surface area contributed by atoms with Gasteiger partial charge < -0.3 is 9.84 Å². The van der Waals surface area contributed by atoms with Gasteiger partial charge in [-0.25, -0.2) is 4.79 Å². The van der Waals surface area contributed by atoms with Gasteiger partial charge in [-0.1, -0.05) is 19.1 Å². The maximum atomic E-state index is 11.2. The number of rotatable bonds is 8. The third kappa shape index (κ3) is 3.55. The van der Waals surface area contributed by atoms with Crippen LogP contribution in [0.5, 0.6) is 0 Å². The fourth-order valence-electron chi connectivity index (χ4n) is 2.39. The number of nitrogens with zero attached hydrogens (tertiary/aromatic N) is 1. The van der Waals surface area contributed by atoms with Crippen molar-refractivity contribution >= 4 is 5.97 Å². The second-order valence-electron chi connectivity index (χ2n) is 5.05. The average molecular weight is 290 g/mol. The van der Waals surface area contributed by atoms with Gasteiger partial charge in [-0.15, -0.1) is 0 Å². The molecule has 1 aromatic heterocycles. The number of methoxy groups -OCH3 is 1. The van der Waals surface area contributed by atoms with Crippen LogP contribution in [0, 0.1) is 0 Å². The Hall–Kier alpha value is -2.01. The first kappa shape index (κ1) is 15.4. The van der Waals surface area contributed by atoms with Gasteiger partial charge in [-0.05, 0) is 43.4 Å². The quantitative estimate of drug-likeness (QED) is 0.734. The van der Waals surface area contributed by atoms with E-state index in [4.69, 9.17) is 4.74 Å². The van der Waals surface area contributed by atoms with E-state index in [2.05, 4.69) is 24.2 Å². The van der Waals surface area contributed by atoms with Crippen molar-refractivity contribution < 1.29 is 14.6 Å². The number of ether oxygens (including phenoxy) is 1. The summed E-state index contributed by atoms with van der Waals surface area (Å²) in [5.74, 6) is -0.903. The summed E-state index contributed by atoms with van der Waals surface area (Å²) in [4.78, 5) is 11.2. The summed E-state index contributed by atoms with van der Waals surface area (Å²) >= 11 is 0. The molecule has 2 N–H and O–H groups in total. The summed E-state index contributed by atoms with van der Waals surface area (Å²) in [7, 11) is 1.68. The van der Waals surface area contributed by atoms with Crippen LogP contribution < -0.4 is 0 Å². The fourth-order valence-corrected chi connectivity index (χ4v) is 2.39. The molecule has 0 saturated carbocycles. The highest BCUT2D eigenvalue weighted by molar-refractivity contribution is 5.87. The zero-order valence-electron chi connectivity index (χ0n) is 12.6. The monoisotopic (exact) mass is 290 g/mol. The molecule has 5 nitrogen and oxygen atoms in total. The predicted octanol–water partition coefficient (Wildman–Crippen LogP) is 3.04. The standard InChI is InChI=1S/C16H22N2O3/c1-3-12-7-6-8-13(11-12)18-14(9-4-5-10-21-2)15(17-18)16(19)20/h6-8,11,17H,3-5,9-10H2,1-2H3,(H,19,20). The Balaban J connectivity index is 2.19. The first-order valence-corrected chi connectivity index (χ1v) is 7.28. The molecule has 0 aliphatic heterocycles. The molecule has 1 heterocycles. The molecule has 0 unspecified atom stereocenters. The van der Waals surface area contributed by atoms with Crippen LogP contribution >= 0.6 is 0 Å². The van der Waals surface area contributed by atoms with Crippen LogP contribution in [0.3, 0.4) is 0 Å². The van der Waals surface area contributed by atoms with Crippen LogP contribution in [0.25, 0.3) is 5.69 Å². The van der Waals surface area contributed by atoms with Crippen molar-refractivity contribution in [1.82, 2.24) is 9.78 Å². The number of carboxylic acid groups (broad SMARTS) is 1. The minimum atomic E-state index is -0.903. The van der Waals surface area contributed by atoms with E-state index < -0.39 is 5.97 Å². The summed E-state index contributed by atoms with van der Waals surface area (Å²) in [5, 5.41) is 12.1. The minimum Gasteiger partial charge on any atom is -0.476 e. The molecule has 0 fully saturated rings. The molecule has 0 aliphatic carbocycles. The maximum Gasteiger partial charge on any atom is 0.355 e. The number of carbonyl (C=O) groups is 1. The number of aryl methyl sites for hydroxylation is 1. The summed E-state index contributed by atoms with van der Waals surface area (Å²) < 4.78 is 6.90. The zero-order valence-corrected chi connectivity index (χ0v) is 12.6. The first-order valence-electron chi connectivity index (χ1n) is 7.28. The third-order valence-corrected chi connectivity index (χ3v) is 3.59. The molecule has 1 aromatic carbocycles. The van der Waals surface area contributed by atoms with Gasteiger partial charge in [0.15, 0.2) is 5.69 Å². The Bertz CT molecular complexity index is 598. The summed E-state index contributed by atoms with van der Waals surface area (Å²) in [6, 6.07) is 8.14. The second-order valence-corrected chi connectivity index (χ2v) is 5.05. The molecule has 5 heteroatoms. The first-order chi connectivity index (χ1) is 10.2. The Morgan fingerprint density at radius 3 is 2.86 bits per heavy atom. The van der Waals surface area contributed by atoms with Crippen molar-refractivity contribution in [3.63, 3.8) is 0 Å². The van der Waals surface area contributed by atoms with E-state index in [9.17, 15) is 9.90 Å². The summed E-state index contributed by atoms with van der Waals surface area (Å²) in [6.07, 6.45) is 3.52. The maximum absolute atomic E-state index is 11.2. The number of aromatic nitrogens is 2. The molecule has 0 radical (unpaired) electrons. The van der Waals surface area contributed by atoms with Crippen LogP contribution in [0.15, 0.2) is 24.3 Å². The van der Waals surface area contributed by atoms with Crippen molar-refractivity contribution in [2.45, 2.75) is 32.6 Å². The van der Waals surface area contributed by atoms with E-state index in [0.717, 1.165) is 37.1 Å². The van der Waals surface area contributed by atoms with Gasteiger partial charge in [-0.2, -0.15) is 0 Å². The van der Waals surface area contributed by atoms with Crippen LogP contribution in [0.1, 0.15) is 41.5 Å². The van der Waals surface area contributed by atoms with E-state index in [1.165, 1.54) is 5.56 Å². The Morgan fingerprint density at radius 2 is 2.19 bits per heavy atom. The Labute approximate surface area is 124 Å². The van der Waals surface area contributed by atoms with Gasteiger partial charge >= 0.3 is 5.97 Å². The highest BCUT2D eigenvalue weighted by Crippen LogP contribution is 2.20. The SMILES string of the molecule is CCc1cccc(-n2[nH]c(C(=O)O)c2CCCCOC)c1. The molecule has 114 valence electrons. The molecular weight excluding hydrogens is 268 g/mol. The van der Waals surface area contributed by atoms with E-state index in [-0.39, 0.29) is 0 Å². The molecule has 0 bridgehead atoms. The van der Waals surface area contributed by atoms with Gasteiger partial charge in [0.1, 0.15) is 0 Å². The average Bonchev–Trinajstić information content (AvgIpc) is 2.46. The van der Waals surface area contributed by atoms with Crippen molar-refractivity contribution in [2.75, 3.05) is 13.7 Å². The lowest BCUT2D eigenvalue weighted by molar-refractivity contribution is 0.0680. The second kappa shape index (κ2) is 7.13. The fraction of sp³-hybridized carbons (Fsp3) is 0.438. The number of H-pyrrole nitrogens is 1. The predicted molar refractivity (Wildman–Crippen MR) is 81.3 cm³/mol. The number of aromatic carboxylic acids is 1. The zero-order chi connectivity index (χ0) is 15.2. The van der Waals surface area contributed by atoms with E-state index in [0.29, 0.717) is 12.3 Å². The molecular formula is C16H22N2O3. The molecule has 2 rings (SSSR count). The van der Waals surface area contributed by atoms with Gasteiger partial charge in [-0.3, -0.25) is 9.78 Å². The van der Waals surface area contributed by atoms with Crippen LogP contribution in [0.4, 0.5) is 0 Å². The van der Waals surface area contributed by atoms with Crippen LogP contribution in [-0.2, 0) is 17.6 Å². The van der Waals surface area contributed by atoms with Crippen molar-refractivity contribution in [1.29, 1.82) is 0 Å². The normalized spacial score (nSPS) is 11.0. The van der Waals surface area contributed by atoms with Crippen LogP contribution in [-0.4, -0.2) is 34.6 Å². The topological polar surface area (TPSA) is 67.2 Å². The van der Waals surface area contributed by atoms with Gasteiger partial charge in [0.2, 0.25) is 0 Å². The lowest BCUT2D eigenvalue weighted by atomic mass is 10.1. The minimum absolute atomic E-state index is 0.300. The van der Waals surface area contributed by atoms with Crippen molar-refractivity contribution in [3.05, 3.63) is 41.2 Å². The van der Waals surface area contributed by atoms with E-state index in [1.807, 2.05) is 16.8 Å². The van der Waals surface area contributed by atoms with Gasteiger partial charge in [0, 0.05) is 13.7 Å². The largest absolute Gasteiger partial charge is 0.476 e. The molecule has 0 saturated heterocycles. The van der Waals surface area contributed by atoms with Crippen LogP contribution in [0.2, 0.25) is 0 Å². The number of carboxylic acids is 1. The smallest absolute Gasteiger partial charge is 0.355 e. The van der Waals surface area contributed by atoms with E-state index >= 15 is 0 Å². The molecule has 0 atom stereocenters. The highest BCUT2D eigenvalue weighted by Gasteiger charge is 2.20. The molecule has 0 spiro atoms. The third-order valence-electron chi connectivity index (χ3n) is 3.59. The van der Waals surface area contributed by atoms with Crippen molar-refractivity contribution in [2.24, 2.45) is 0 Å². The van der Waals surface area contributed by atoms with Crippen molar-refractivity contribution in [3.8, 4) is 5.69 Å². The molecule has 2 aromatic rings. The summed E-state index contributed by atoms with van der Waals surface area (Å²) in [6.45, 7) is 2.81. The Morgan fingerprint density at radius 1 is 1.38 bits per heavy atom. The number of benzene rings is 1. The van der Waals surface area contributed by atoms with Gasteiger partial charge in [0.25, 0.3) is 0 Å². The van der Waals surface area contributed by atoms with Gasteiger partial charge in [0.05, 0.1) is 11.4 Å². The number of hydrogen-bond acceptors (Lipinski definition) is 2. The number of aromatic amines is 1. The molecule has 0 aliphatic rings.